The number of nitro groups is 1. The summed E-state index contributed by atoms with van der Waals surface area (Å²) >= 11 is 0. The molecule has 0 atom stereocenters. The van der Waals surface area contributed by atoms with Gasteiger partial charge in [-0.15, -0.1) is 0 Å². The van der Waals surface area contributed by atoms with Gasteiger partial charge in [0.05, 0.1) is 4.92 Å². The quantitative estimate of drug-likeness (QED) is 0.669. The molecule has 0 aliphatic carbocycles. The number of carbonyl (C=O) groups is 1. The maximum Gasteiger partial charge on any atom is 0.282 e. The van der Waals surface area contributed by atoms with E-state index in [4.69, 9.17) is 0 Å². The Balaban J connectivity index is 2.39. The van der Waals surface area contributed by atoms with Crippen molar-refractivity contribution in [1.29, 1.82) is 0 Å². The van der Waals surface area contributed by atoms with Crippen molar-refractivity contribution in [2.45, 2.75) is 13.8 Å². The Morgan fingerprint density at radius 1 is 1.24 bits per heavy atom. The van der Waals surface area contributed by atoms with Crippen molar-refractivity contribution in [3.05, 3.63) is 63.2 Å². The van der Waals surface area contributed by atoms with Crippen LogP contribution in [0, 0.1) is 24.0 Å². The highest BCUT2D eigenvalue weighted by Gasteiger charge is 2.21. The fourth-order valence-electron chi connectivity index (χ4n) is 1.94. The molecular weight excluding hydrogens is 272 g/mol. The number of nitro benzene ring substituents is 1. The molecule has 2 rings (SSSR count). The number of carbonyl (C=O) groups excluding carboxylic acids is 1. The van der Waals surface area contributed by atoms with Gasteiger partial charge in [0.25, 0.3) is 11.6 Å². The molecule has 0 aliphatic heterocycles. The van der Waals surface area contributed by atoms with Gasteiger partial charge in [-0.05, 0) is 43.2 Å². The monoisotopic (exact) mass is 286 g/mol. The molecule has 21 heavy (non-hydrogen) atoms. The summed E-state index contributed by atoms with van der Waals surface area (Å²) in [7, 11) is 0. The summed E-state index contributed by atoms with van der Waals surface area (Å²) in [5.41, 5.74) is 1.93. The fourth-order valence-corrected chi connectivity index (χ4v) is 1.94. The predicted molar refractivity (Wildman–Crippen MR) is 78.6 cm³/mol. The summed E-state index contributed by atoms with van der Waals surface area (Å²) < 4.78 is 0. The molecule has 0 radical (unpaired) electrons. The van der Waals surface area contributed by atoms with Gasteiger partial charge in [-0.3, -0.25) is 14.9 Å². The Kier molecular flexibility index (Phi) is 3.89. The van der Waals surface area contributed by atoms with Crippen LogP contribution in [-0.2, 0) is 0 Å². The average molecular weight is 286 g/mol. The number of phenols is 1. The van der Waals surface area contributed by atoms with Gasteiger partial charge in [0.15, 0.2) is 0 Å². The Bertz CT molecular complexity index is 726. The summed E-state index contributed by atoms with van der Waals surface area (Å²) in [4.78, 5) is 22.5. The lowest BCUT2D eigenvalue weighted by molar-refractivity contribution is -0.385. The first kappa shape index (κ1) is 14.5. The largest absolute Gasteiger partial charge is 0.508 e. The number of aromatic hydroxyl groups is 1. The van der Waals surface area contributed by atoms with Gasteiger partial charge in [-0.1, -0.05) is 12.1 Å². The molecule has 6 nitrogen and oxygen atoms in total. The van der Waals surface area contributed by atoms with Gasteiger partial charge in [0.1, 0.15) is 11.3 Å². The lowest BCUT2D eigenvalue weighted by Gasteiger charge is -2.10. The van der Waals surface area contributed by atoms with Crippen molar-refractivity contribution in [2.24, 2.45) is 0 Å². The minimum atomic E-state index is -0.655. The van der Waals surface area contributed by atoms with Crippen molar-refractivity contribution in [1.82, 2.24) is 0 Å². The van der Waals surface area contributed by atoms with Crippen molar-refractivity contribution in [2.75, 3.05) is 5.32 Å². The van der Waals surface area contributed by atoms with Crippen LogP contribution < -0.4 is 5.32 Å². The van der Waals surface area contributed by atoms with Gasteiger partial charge in [-0.25, -0.2) is 0 Å². The SMILES string of the molecule is Cc1cccc(NC(=O)c2cc(O)ccc2[N+](=O)[O-])c1C. The lowest BCUT2D eigenvalue weighted by Crippen LogP contribution is -2.14. The van der Waals surface area contributed by atoms with Crippen LogP contribution >= 0.6 is 0 Å². The molecule has 0 saturated heterocycles. The number of anilines is 1. The normalized spacial score (nSPS) is 10.2. The van der Waals surface area contributed by atoms with Crippen molar-refractivity contribution < 1.29 is 14.8 Å². The molecule has 0 spiro atoms. The molecule has 2 N–H and O–H groups in total. The number of hydrogen-bond donors (Lipinski definition) is 2. The summed E-state index contributed by atoms with van der Waals surface area (Å²) in [6.07, 6.45) is 0. The van der Waals surface area contributed by atoms with E-state index in [2.05, 4.69) is 5.32 Å². The zero-order valence-electron chi connectivity index (χ0n) is 11.6. The second-order valence-electron chi connectivity index (χ2n) is 4.66. The highest BCUT2D eigenvalue weighted by Crippen LogP contribution is 2.25. The predicted octanol–water partition coefficient (Wildman–Crippen LogP) is 3.17. The van der Waals surface area contributed by atoms with Crippen molar-refractivity contribution in [3.63, 3.8) is 0 Å². The summed E-state index contributed by atoms with van der Waals surface area (Å²) in [6, 6.07) is 8.77. The highest BCUT2D eigenvalue weighted by atomic mass is 16.6. The second kappa shape index (κ2) is 5.62. The van der Waals surface area contributed by atoms with E-state index in [1.165, 1.54) is 6.07 Å². The van der Waals surface area contributed by atoms with E-state index in [1.807, 2.05) is 19.9 Å². The smallest absolute Gasteiger partial charge is 0.282 e. The first-order chi connectivity index (χ1) is 9.90. The molecule has 0 unspecified atom stereocenters. The third-order valence-electron chi connectivity index (χ3n) is 3.27. The van der Waals surface area contributed by atoms with Crippen LogP contribution in [0.15, 0.2) is 36.4 Å². The number of aryl methyl sites for hydroxylation is 1. The van der Waals surface area contributed by atoms with E-state index < -0.39 is 10.8 Å². The molecule has 0 heterocycles. The van der Waals surface area contributed by atoms with Crippen LogP contribution in [0.3, 0.4) is 0 Å². The molecule has 2 aromatic carbocycles. The van der Waals surface area contributed by atoms with Gasteiger partial charge in [0, 0.05) is 11.8 Å². The molecule has 0 saturated carbocycles. The lowest BCUT2D eigenvalue weighted by atomic mass is 10.1. The third kappa shape index (κ3) is 3.00. The van der Waals surface area contributed by atoms with Crippen LogP contribution in [0.2, 0.25) is 0 Å². The van der Waals surface area contributed by atoms with Gasteiger partial charge in [-0.2, -0.15) is 0 Å². The number of amides is 1. The zero-order valence-corrected chi connectivity index (χ0v) is 11.6. The molecule has 0 fully saturated rings. The number of nitrogens with one attached hydrogen (secondary N) is 1. The Labute approximate surface area is 121 Å². The van der Waals surface area contributed by atoms with Crippen LogP contribution in [0.4, 0.5) is 11.4 Å². The van der Waals surface area contributed by atoms with Crippen molar-refractivity contribution >= 4 is 17.3 Å². The molecule has 0 aliphatic rings. The maximum absolute atomic E-state index is 12.2. The van der Waals surface area contributed by atoms with E-state index in [1.54, 1.807) is 12.1 Å². The minimum absolute atomic E-state index is 0.180. The van der Waals surface area contributed by atoms with Crippen LogP contribution in [0.25, 0.3) is 0 Å². The molecule has 108 valence electrons. The third-order valence-corrected chi connectivity index (χ3v) is 3.27. The first-order valence-electron chi connectivity index (χ1n) is 6.25. The number of phenolic OH excluding ortho intramolecular Hbond substituents is 1. The van der Waals surface area contributed by atoms with E-state index in [9.17, 15) is 20.0 Å². The standard InChI is InChI=1S/C15H14N2O4/c1-9-4-3-5-13(10(9)2)16-15(19)12-8-11(18)6-7-14(12)17(20)21/h3-8,18H,1-2H3,(H,16,19). The molecule has 0 bridgehead atoms. The second-order valence-corrected chi connectivity index (χ2v) is 4.66. The number of benzene rings is 2. The topological polar surface area (TPSA) is 92.5 Å². The van der Waals surface area contributed by atoms with Crippen molar-refractivity contribution in [3.8, 4) is 5.75 Å². The fraction of sp³-hybridized carbons (Fsp3) is 0.133. The Morgan fingerprint density at radius 2 is 1.95 bits per heavy atom. The average Bonchev–Trinajstić information content (AvgIpc) is 2.43. The minimum Gasteiger partial charge on any atom is -0.508 e. The highest BCUT2D eigenvalue weighted by molar-refractivity contribution is 6.07. The summed E-state index contributed by atoms with van der Waals surface area (Å²) in [5, 5.41) is 23.0. The molecule has 6 heteroatoms. The molecular formula is C15H14N2O4. The zero-order chi connectivity index (χ0) is 15.6. The molecule has 2 aromatic rings. The van der Waals surface area contributed by atoms with E-state index in [0.29, 0.717) is 5.69 Å². The number of nitrogens with zero attached hydrogens (tertiary/aromatic N) is 1. The van der Waals surface area contributed by atoms with E-state index in [0.717, 1.165) is 23.3 Å². The van der Waals surface area contributed by atoms with Gasteiger partial charge >= 0.3 is 0 Å². The summed E-state index contributed by atoms with van der Waals surface area (Å²) in [5.74, 6) is -0.835. The Hall–Kier alpha value is -2.89. The summed E-state index contributed by atoms with van der Waals surface area (Å²) in [6.45, 7) is 3.75. The number of rotatable bonds is 3. The van der Waals surface area contributed by atoms with E-state index >= 15 is 0 Å². The Morgan fingerprint density at radius 3 is 2.62 bits per heavy atom. The molecule has 0 aromatic heterocycles. The van der Waals surface area contributed by atoms with Crippen LogP contribution in [0.5, 0.6) is 5.75 Å². The van der Waals surface area contributed by atoms with E-state index in [-0.39, 0.29) is 17.0 Å². The van der Waals surface area contributed by atoms with Crippen LogP contribution in [-0.4, -0.2) is 15.9 Å². The first-order valence-corrected chi connectivity index (χ1v) is 6.25. The maximum atomic E-state index is 12.2. The molecule has 1 amide bonds. The van der Waals surface area contributed by atoms with Gasteiger partial charge < -0.3 is 10.4 Å². The van der Waals surface area contributed by atoms with Gasteiger partial charge in [0.2, 0.25) is 0 Å². The number of hydrogen-bond acceptors (Lipinski definition) is 4. The van der Waals surface area contributed by atoms with Crippen LogP contribution in [0.1, 0.15) is 21.5 Å².